The highest BCUT2D eigenvalue weighted by molar-refractivity contribution is 5.87. The molecule has 3 N–H and O–H groups in total. The van der Waals surface area contributed by atoms with Gasteiger partial charge in [-0.05, 0) is 35.4 Å². The van der Waals surface area contributed by atoms with Crippen molar-refractivity contribution in [3.8, 4) is 5.75 Å². The molecule has 0 fully saturated rings. The van der Waals surface area contributed by atoms with Crippen molar-refractivity contribution in [3.63, 3.8) is 0 Å². The van der Waals surface area contributed by atoms with E-state index < -0.39 is 35.9 Å². The Kier molecular flexibility index (Phi) is 7.32. The van der Waals surface area contributed by atoms with E-state index in [-0.39, 0.29) is 12.0 Å². The average Bonchev–Trinajstić information content (AvgIpc) is 2.76. The zero-order valence-corrected chi connectivity index (χ0v) is 16.7. The molecule has 0 saturated heterocycles. The number of hydrogen-bond acceptors (Lipinski definition) is 3. The van der Waals surface area contributed by atoms with Crippen LogP contribution in [0, 0.1) is 11.6 Å². The SMILES string of the molecule is NC(=O)[C@@H](Cc1ccc(OCc2ccccc2)cc1)NC(=O)Cc1c(F)cccc1F. The standard InChI is InChI=1S/C24H22F2N2O3/c25-20-7-4-8-21(26)19(20)14-23(29)28-22(24(27)30)13-16-9-11-18(12-10-16)31-15-17-5-2-1-3-6-17/h1-12,22H,13-15H2,(H2,27,30)(H,28,29)/t22-/m1/s1. The highest BCUT2D eigenvalue weighted by Crippen LogP contribution is 2.16. The molecule has 2 amide bonds. The first-order valence-corrected chi connectivity index (χ1v) is 9.69. The number of nitrogens with one attached hydrogen (secondary N) is 1. The summed E-state index contributed by atoms with van der Waals surface area (Å²) in [5, 5.41) is 2.45. The summed E-state index contributed by atoms with van der Waals surface area (Å²) >= 11 is 0. The first-order valence-electron chi connectivity index (χ1n) is 9.69. The van der Waals surface area contributed by atoms with Crippen molar-refractivity contribution in [2.24, 2.45) is 5.73 Å². The minimum Gasteiger partial charge on any atom is -0.489 e. The smallest absolute Gasteiger partial charge is 0.240 e. The molecule has 3 aromatic carbocycles. The predicted octanol–water partition coefficient (Wildman–Crippen LogP) is 3.30. The summed E-state index contributed by atoms with van der Waals surface area (Å²) in [5.74, 6) is -2.43. The summed E-state index contributed by atoms with van der Waals surface area (Å²) in [6, 6.07) is 19.1. The van der Waals surface area contributed by atoms with E-state index in [1.807, 2.05) is 30.3 Å². The second-order valence-electron chi connectivity index (χ2n) is 7.02. The highest BCUT2D eigenvalue weighted by Gasteiger charge is 2.21. The average molecular weight is 424 g/mol. The van der Waals surface area contributed by atoms with Gasteiger partial charge < -0.3 is 15.8 Å². The number of halogens is 2. The molecule has 7 heteroatoms. The lowest BCUT2D eigenvalue weighted by Crippen LogP contribution is -2.46. The van der Waals surface area contributed by atoms with Gasteiger partial charge in [0.15, 0.2) is 0 Å². The van der Waals surface area contributed by atoms with Gasteiger partial charge in [-0.1, -0.05) is 48.5 Å². The molecule has 0 aliphatic heterocycles. The summed E-state index contributed by atoms with van der Waals surface area (Å²) in [6.07, 6.45) is -0.395. The van der Waals surface area contributed by atoms with Crippen molar-refractivity contribution in [2.45, 2.75) is 25.5 Å². The van der Waals surface area contributed by atoms with Crippen molar-refractivity contribution in [3.05, 3.63) is 101 Å². The van der Waals surface area contributed by atoms with Gasteiger partial charge in [0.25, 0.3) is 0 Å². The number of carbonyl (C=O) groups excluding carboxylic acids is 2. The van der Waals surface area contributed by atoms with Gasteiger partial charge in [0.2, 0.25) is 11.8 Å². The molecule has 0 aromatic heterocycles. The Morgan fingerprint density at radius 1 is 0.871 bits per heavy atom. The van der Waals surface area contributed by atoms with Gasteiger partial charge >= 0.3 is 0 Å². The molecule has 0 spiro atoms. The predicted molar refractivity (Wildman–Crippen MR) is 112 cm³/mol. The van der Waals surface area contributed by atoms with E-state index in [1.54, 1.807) is 24.3 Å². The van der Waals surface area contributed by atoms with Crippen LogP contribution in [0.1, 0.15) is 16.7 Å². The van der Waals surface area contributed by atoms with Gasteiger partial charge in [0.05, 0.1) is 6.42 Å². The molecule has 0 unspecified atom stereocenters. The van der Waals surface area contributed by atoms with E-state index in [0.717, 1.165) is 23.3 Å². The lowest BCUT2D eigenvalue weighted by atomic mass is 10.0. The summed E-state index contributed by atoms with van der Waals surface area (Å²) < 4.78 is 33.2. The Bertz CT molecular complexity index is 1020. The van der Waals surface area contributed by atoms with Gasteiger partial charge in [-0.25, -0.2) is 8.78 Å². The first-order chi connectivity index (χ1) is 14.9. The number of primary amides is 1. The fourth-order valence-corrected chi connectivity index (χ4v) is 3.03. The van der Waals surface area contributed by atoms with Gasteiger partial charge in [0.1, 0.15) is 30.0 Å². The van der Waals surface area contributed by atoms with Gasteiger partial charge in [0, 0.05) is 12.0 Å². The van der Waals surface area contributed by atoms with E-state index in [4.69, 9.17) is 10.5 Å². The van der Waals surface area contributed by atoms with Crippen LogP contribution in [-0.4, -0.2) is 17.9 Å². The Labute approximate surface area is 178 Å². The second kappa shape index (κ2) is 10.3. The van der Waals surface area contributed by atoms with Crippen molar-refractivity contribution in [1.29, 1.82) is 0 Å². The van der Waals surface area contributed by atoms with Gasteiger partial charge in [-0.2, -0.15) is 0 Å². The highest BCUT2D eigenvalue weighted by atomic mass is 19.1. The Balaban J connectivity index is 1.58. The molecule has 1 atom stereocenters. The lowest BCUT2D eigenvalue weighted by molar-refractivity contribution is -0.127. The molecule has 31 heavy (non-hydrogen) atoms. The minimum atomic E-state index is -1.02. The molecule has 0 bridgehead atoms. The van der Waals surface area contributed by atoms with Crippen LogP contribution >= 0.6 is 0 Å². The number of hydrogen-bond donors (Lipinski definition) is 2. The number of rotatable bonds is 9. The van der Waals surface area contributed by atoms with E-state index in [9.17, 15) is 18.4 Å². The Hall–Kier alpha value is -3.74. The van der Waals surface area contributed by atoms with Crippen LogP contribution in [0.3, 0.4) is 0 Å². The van der Waals surface area contributed by atoms with Crippen LogP contribution < -0.4 is 15.8 Å². The third-order valence-corrected chi connectivity index (χ3v) is 4.69. The van der Waals surface area contributed by atoms with Crippen LogP contribution in [0.2, 0.25) is 0 Å². The van der Waals surface area contributed by atoms with Crippen LogP contribution in [0.4, 0.5) is 8.78 Å². The van der Waals surface area contributed by atoms with Gasteiger partial charge in [-0.15, -0.1) is 0 Å². The number of nitrogens with two attached hydrogens (primary N) is 1. The Morgan fingerprint density at radius 3 is 2.13 bits per heavy atom. The van der Waals surface area contributed by atoms with Crippen molar-refractivity contribution >= 4 is 11.8 Å². The topological polar surface area (TPSA) is 81.4 Å². The summed E-state index contributed by atoms with van der Waals surface area (Å²) in [4.78, 5) is 24.0. The molecule has 160 valence electrons. The zero-order valence-electron chi connectivity index (χ0n) is 16.7. The quantitative estimate of drug-likeness (QED) is 0.553. The molecule has 0 heterocycles. The van der Waals surface area contributed by atoms with Crippen molar-refractivity contribution in [1.82, 2.24) is 5.32 Å². The molecule has 0 aliphatic carbocycles. The summed E-state index contributed by atoms with van der Waals surface area (Å²) in [6.45, 7) is 0.423. The van der Waals surface area contributed by atoms with E-state index >= 15 is 0 Å². The number of benzene rings is 3. The molecule has 3 aromatic rings. The first kappa shape index (κ1) is 22.0. The summed E-state index contributed by atoms with van der Waals surface area (Å²) in [7, 11) is 0. The fraction of sp³-hybridized carbons (Fsp3) is 0.167. The minimum absolute atomic E-state index is 0.139. The summed E-state index contributed by atoms with van der Waals surface area (Å²) in [5.41, 5.74) is 6.82. The monoisotopic (exact) mass is 424 g/mol. The molecular formula is C24H22F2N2O3. The number of amides is 2. The maximum Gasteiger partial charge on any atom is 0.240 e. The molecule has 5 nitrogen and oxygen atoms in total. The normalized spacial score (nSPS) is 11.5. The third-order valence-electron chi connectivity index (χ3n) is 4.69. The molecule has 0 saturated carbocycles. The molecule has 0 radical (unpaired) electrons. The second-order valence-corrected chi connectivity index (χ2v) is 7.02. The van der Waals surface area contributed by atoms with Gasteiger partial charge in [-0.3, -0.25) is 9.59 Å². The third kappa shape index (κ3) is 6.37. The zero-order chi connectivity index (χ0) is 22.2. The van der Waals surface area contributed by atoms with Crippen LogP contribution in [0.15, 0.2) is 72.8 Å². The van der Waals surface area contributed by atoms with Crippen LogP contribution in [0.25, 0.3) is 0 Å². The number of ether oxygens (including phenoxy) is 1. The number of carbonyl (C=O) groups is 2. The Morgan fingerprint density at radius 2 is 1.52 bits per heavy atom. The van der Waals surface area contributed by atoms with E-state index in [0.29, 0.717) is 12.4 Å². The lowest BCUT2D eigenvalue weighted by Gasteiger charge is -2.16. The molecule has 3 rings (SSSR count). The van der Waals surface area contributed by atoms with E-state index in [2.05, 4.69) is 5.32 Å². The maximum atomic E-state index is 13.7. The largest absolute Gasteiger partial charge is 0.489 e. The van der Waals surface area contributed by atoms with Crippen LogP contribution in [0.5, 0.6) is 5.75 Å². The van der Waals surface area contributed by atoms with Crippen molar-refractivity contribution in [2.75, 3.05) is 0 Å². The van der Waals surface area contributed by atoms with Crippen LogP contribution in [-0.2, 0) is 29.0 Å². The molecular weight excluding hydrogens is 402 g/mol. The van der Waals surface area contributed by atoms with Crippen molar-refractivity contribution < 1.29 is 23.1 Å². The van der Waals surface area contributed by atoms with E-state index in [1.165, 1.54) is 6.07 Å². The fourth-order valence-electron chi connectivity index (χ4n) is 3.03. The molecule has 0 aliphatic rings. The maximum absolute atomic E-state index is 13.7.